The Morgan fingerprint density at radius 1 is 1.07 bits per heavy atom. The molecule has 2 amide bonds. The average molecular weight is 365 g/mol. The summed E-state index contributed by atoms with van der Waals surface area (Å²) in [6, 6.07) is 11.8. The quantitative estimate of drug-likeness (QED) is 0.734. The van der Waals surface area contributed by atoms with E-state index in [1.807, 2.05) is 30.3 Å². The normalized spacial score (nSPS) is 19.0. The maximum Gasteiger partial charge on any atom is 0.315 e. The summed E-state index contributed by atoms with van der Waals surface area (Å²) in [7, 11) is 0. The summed E-state index contributed by atoms with van der Waals surface area (Å²) in [5, 5.41) is 15.7. The molecule has 142 valence electrons. The molecule has 2 aliphatic carbocycles. The third-order valence-electron chi connectivity index (χ3n) is 6.32. The highest BCUT2D eigenvalue weighted by molar-refractivity contribution is 5.74. The highest BCUT2D eigenvalue weighted by Crippen LogP contribution is 2.63. The van der Waals surface area contributed by atoms with Crippen LogP contribution in [0.25, 0.3) is 11.1 Å². The van der Waals surface area contributed by atoms with Crippen molar-refractivity contribution in [3.8, 4) is 11.1 Å². The van der Waals surface area contributed by atoms with Gasteiger partial charge in [0, 0.05) is 30.9 Å². The van der Waals surface area contributed by atoms with Gasteiger partial charge in [0.15, 0.2) is 0 Å². The zero-order valence-corrected chi connectivity index (χ0v) is 15.6. The second-order valence-corrected chi connectivity index (χ2v) is 8.29. The molecule has 1 spiro atoms. The first-order chi connectivity index (χ1) is 13.1. The fourth-order valence-electron chi connectivity index (χ4n) is 4.86. The number of amides is 2. The Hall–Kier alpha value is -2.40. The lowest BCUT2D eigenvalue weighted by Crippen LogP contribution is -2.57. The molecule has 2 fully saturated rings. The number of aliphatic hydroxyl groups is 1. The van der Waals surface area contributed by atoms with Crippen molar-refractivity contribution in [2.75, 3.05) is 13.2 Å². The highest BCUT2D eigenvalue weighted by Gasteiger charge is 2.56. The van der Waals surface area contributed by atoms with E-state index >= 15 is 0 Å². The van der Waals surface area contributed by atoms with E-state index in [-0.39, 0.29) is 18.1 Å². The van der Waals surface area contributed by atoms with Gasteiger partial charge in [-0.25, -0.2) is 4.79 Å². The molecule has 0 bridgehead atoms. The Balaban J connectivity index is 1.31. The van der Waals surface area contributed by atoms with E-state index in [9.17, 15) is 9.90 Å². The number of nitrogens with one attached hydrogen (secondary N) is 2. The van der Waals surface area contributed by atoms with Gasteiger partial charge in [-0.3, -0.25) is 4.98 Å². The van der Waals surface area contributed by atoms with E-state index in [2.05, 4.69) is 21.7 Å². The van der Waals surface area contributed by atoms with Crippen LogP contribution < -0.4 is 10.6 Å². The molecule has 2 aliphatic rings. The SMILES string of the molecule is O=C(NCc1ccccc1-c1ccncc1)NCC1(CO)CC2(CCC2)C1. The molecule has 0 aliphatic heterocycles. The molecule has 0 radical (unpaired) electrons. The Kier molecular flexibility index (Phi) is 4.87. The van der Waals surface area contributed by atoms with Gasteiger partial charge in [-0.1, -0.05) is 30.7 Å². The molecule has 2 aromatic rings. The number of carbonyl (C=O) groups excluding carboxylic acids is 1. The summed E-state index contributed by atoms with van der Waals surface area (Å²) in [6.45, 7) is 1.16. The minimum atomic E-state index is -0.179. The Morgan fingerprint density at radius 2 is 1.81 bits per heavy atom. The standard InChI is InChI=1S/C22H27N3O2/c26-16-22(13-21(14-22)8-3-9-21)15-25-20(27)24-12-18-4-1-2-5-19(18)17-6-10-23-11-7-17/h1-2,4-7,10-11,26H,3,8-9,12-16H2,(H2,24,25,27). The van der Waals surface area contributed by atoms with E-state index in [0.29, 0.717) is 18.5 Å². The van der Waals surface area contributed by atoms with Crippen LogP contribution in [0.15, 0.2) is 48.8 Å². The van der Waals surface area contributed by atoms with Crippen molar-refractivity contribution >= 4 is 6.03 Å². The van der Waals surface area contributed by atoms with Crippen molar-refractivity contribution in [2.45, 2.75) is 38.6 Å². The largest absolute Gasteiger partial charge is 0.396 e. The molecule has 0 unspecified atom stereocenters. The highest BCUT2D eigenvalue weighted by atomic mass is 16.3. The molecule has 1 heterocycles. The van der Waals surface area contributed by atoms with Crippen molar-refractivity contribution in [2.24, 2.45) is 10.8 Å². The van der Waals surface area contributed by atoms with E-state index in [1.165, 1.54) is 19.3 Å². The molecule has 4 rings (SSSR count). The van der Waals surface area contributed by atoms with Gasteiger partial charge in [-0.2, -0.15) is 0 Å². The molecule has 0 saturated heterocycles. The van der Waals surface area contributed by atoms with Crippen LogP contribution >= 0.6 is 0 Å². The smallest absolute Gasteiger partial charge is 0.315 e. The van der Waals surface area contributed by atoms with Crippen molar-refractivity contribution in [3.63, 3.8) is 0 Å². The maximum absolute atomic E-state index is 12.3. The summed E-state index contributed by atoms with van der Waals surface area (Å²) < 4.78 is 0. The maximum atomic E-state index is 12.3. The molecular weight excluding hydrogens is 338 g/mol. The number of nitrogens with zero attached hydrogens (tertiary/aromatic N) is 1. The average Bonchev–Trinajstić information content (AvgIpc) is 2.65. The van der Waals surface area contributed by atoms with Gasteiger partial charge in [-0.15, -0.1) is 0 Å². The predicted octanol–water partition coefficient (Wildman–Crippen LogP) is 3.49. The summed E-state index contributed by atoms with van der Waals surface area (Å²) in [4.78, 5) is 16.4. The fourth-order valence-corrected chi connectivity index (χ4v) is 4.86. The molecule has 27 heavy (non-hydrogen) atoms. The lowest BCUT2D eigenvalue weighted by Gasteiger charge is -2.60. The molecular formula is C22H27N3O2. The second-order valence-electron chi connectivity index (χ2n) is 8.29. The van der Waals surface area contributed by atoms with Crippen molar-refractivity contribution in [3.05, 3.63) is 54.4 Å². The van der Waals surface area contributed by atoms with Crippen LogP contribution in [0.5, 0.6) is 0 Å². The van der Waals surface area contributed by atoms with Gasteiger partial charge in [0.1, 0.15) is 0 Å². The van der Waals surface area contributed by atoms with E-state index in [1.54, 1.807) is 12.4 Å². The minimum absolute atomic E-state index is 0.118. The van der Waals surface area contributed by atoms with Gasteiger partial charge in [0.05, 0.1) is 6.61 Å². The van der Waals surface area contributed by atoms with Crippen molar-refractivity contribution < 1.29 is 9.90 Å². The predicted molar refractivity (Wildman–Crippen MR) is 105 cm³/mol. The van der Waals surface area contributed by atoms with Gasteiger partial charge in [0.2, 0.25) is 0 Å². The molecule has 1 aromatic carbocycles. The zero-order chi connectivity index (χ0) is 18.7. The molecule has 2 saturated carbocycles. The van der Waals surface area contributed by atoms with Crippen molar-refractivity contribution in [1.29, 1.82) is 0 Å². The van der Waals surface area contributed by atoms with Gasteiger partial charge < -0.3 is 15.7 Å². The molecule has 0 atom stereocenters. The number of rotatable bonds is 6. The third kappa shape index (κ3) is 3.69. The third-order valence-corrected chi connectivity index (χ3v) is 6.32. The Labute approximate surface area is 160 Å². The van der Waals surface area contributed by atoms with Crippen LogP contribution in [0.1, 0.15) is 37.7 Å². The van der Waals surface area contributed by atoms with Crippen LogP contribution in [0, 0.1) is 10.8 Å². The lowest BCUT2D eigenvalue weighted by molar-refractivity contribution is -0.117. The summed E-state index contributed by atoms with van der Waals surface area (Å²) >= 11 is 0. The number of benzene rings is 1. The number of urea groups is 1. The monoisotopic (exact) mass is 365 g/mol. The van der Waals surface area contributed by atoms with Crippen LogP contribution in [0.2, 0.25) is 0 Å². The van der Waals surface area contributed by atoms with Crippen LogP contribution in [-0.2, 0) is 6.54 Å². The molecule has 5 nitrogen and oxygen atoms in total. The number of aliphatic hydroxyl groups excluding tert-OH is 1. The minimum Gasteiger partial charge on any atom is -0.396 e. The summed E-state index contributed by atoms with van der Waals surface area (Å²) in [5.74, 6) is 0. The number of aromatic nitrogens is 1. The van der Waals surface area contributed by atoms with Gasteiger partial charge in [0.25, 0.3) is 0 Å². The first kappa shape index (κ1) is 18.0. The molecule has 1 aromatic heterocycles. The summed E-state index contributed by atoms with van der Waals surface area (Å²) in [6.07, 6.45) is 9.51. The van der Waals surface area contributed by atoms with Crippen LogP contribution in [0.4, 0.5) is 4.79 Å². The van der Waals surface area contributed by atoms with E-state index in [4.69, 9.17) is 0 Å². The first-order valence-corrected chi connectivity index (χ1v) is 9.75. The van der Waals surface area contributed by atoms with Gasteiger partial charge >= 0.3 is 6.03 Å². The Bertz CT molecular complexity index is 794. The zero-order valence-electron chi connectivity index (χ0n) is 15.6. The van der Waals surface area contributed by atoms with E-state index in [0.717, 1.165) is 29.5 Å². The number of carbonyl (C=O) groups is 1. The summed E-state index contributed by atoms with van der Waals surface area (Å²) in [5.41, 5.74) is 3.60. The first-order valence-electron chi connectivity index (χ1n) is 9.75. The lowest BCUT2D eigenvalue weighted by atomic mass is 9.45. The van der Waals surface area contributed by atoms with Crippen molar-refractivity contribution in [1.82, 2.24) is 15.6 Å². The molecule has 3 N–H and O–H groups in total. The van der Waals surface area contributed by atoms with Crippen LogP contribution in [-0.4, -0.2) is 29.3 Å². The second kappa shape index (κ2) is 7.31. The van der Waals surface area contributed by atoms with E-state index < -0.39 is 0 Å². The Morgan fingerprint density at radius 3 is 2.48 bits per heavy atom. The van der Waals surface area contributed by atoms with Gasteiger partial charge in [-0.05, 0) is 59.9 Å². The fraction of sp³-hybridized carbons (Fsp3) is 0.455. The topological polar surface area (TPSA) is 74.2 Å². The number of pyridine rings is 1. The van der Waals surface area contributed by atoms with Crippen LogP contribution in [0.3, 0.4) is 0 Å². The number of hydrogen-bond donors (Lipinski definition) is 3. The number of hydrogen-bond acceptors (Lipinski definition) is 3. The molecule has 5 heteroatoms.